The molecule has 1 aliphatic heterocycles. The Balaban J connectivity index is 1.07. The first-order valence-corrected chi connectivity index (χ1v) is 22.5. The molecule has 2 spiro atoms. The van der Waals surface area contributed by atoms with Crippen molar-refractivity contribution < 1.29 is 32.4 Å². The van der Waals surface area contributed by atoms with Crippen molar-refractivity contribution in [3.8, 4) is 0 Å². The van der Waals surface area contributed by atoms with Crippen LogP contribution in [0.3, 0.4) is 0 Å². The van der Waals surface area contributed by atoms with Crippen LogP contribution < -0.4 is 20.7 Å². The lowest BCUT2D eigenvalue weighted by Crippen LogP contribution is -2.62. The average molecular weight is 794 g/mol. The molecule has 1 saturated heterocycles. The summed E-state index contributed by atoms with van der Waals surface area (Å²) >= 11 is 0. The molecule has 0 unspecified atom stereocenters. The molecule has 0 aromatic carbocycles. The van der Waals surface area contributed by atoms with E-state index in [9.17, 15) is 27.6 Å². The zero-order valence-corrected chi connectivity index (χ0v) is 34.3. The number of carbonyl (C=O) groups is 5. The van der Waals surface area contributed by atoms with Gasteiger partial charge in [-0.1, -0.05) is 60.3 Å². The van der Waals surface area contributed by atoms with Crippen LogP contribution in [0.25, 0.3) is 0 Å². The normalized spacial score (nSPS) is 31.5. The Morgan fingerprint density at radius 1 is 0.875 bits per heavy atom. The lowest BCUT2D eigenvalue weighted by molar-refractivity contribution is -0.145. The Morgan fingerprint density at radius 3 is 2.12 bits per heavy atom. The number of fused-ring (bicyclic) bond motifs is 1. The van der Waals surface area contributed by atoms with E-state index in [0.29, 0.717) is 32.2 Å². The minimum absolute atomic E-state index is 0.00569. The standard InChI is InChI=1S/C41H59N7O7S/c1-37(2,3)31(45-34(51)30(25-10-7-6-8-11-25)44-32(49)28-22-42-18-19-43-28)35(52)48-23-40(38(4,5)39(40)16-9-17-39)21-29(48)33(50)46-41(20-27(41)24-12-13-24)36(53)47-56(54,55)26-14-15-26/h18-19,22,24-27,29-31H,6-17,20-21,23H2,1-5H3,(H,44,49)(H,45,51)(H,46,50)(H,47,53)/t27-,29-,30-,31+,40+,41+/m0/s1. The van der Waals surface area contributed by atoms with Crippen LogP contribution in [-0.2, 0) is 29.2 Å². The minimum atomic E-state index is -3.84. The number of amides is 5. The number of carbonyl (C=O) groups excluding carboxylic acids is 5. The van der Waals surface area contributed by atoms with Gasteiger partial charge >= 0.3 is 0 Å². The molecule has 0 radical (unpaired) electrons. The number of nitrogens with one attached hydrogen (secondary N) is 4. The van der Waals surface area contributed by atoms with Crippen LogP contribution in [0.1, 0.15) is 135 Å². The molecule has 6 atom stereocenters. The third kappa shape index (κ3) is 6.42. The molecule has 2 heterocycles. The quantitative estimate of drug-likeness (QED) is 0.245. The molecular weight excluding hydrogens is 735 g/mol. The van der Waals surface area contributed by atoms with E-state index < -0.39 is 68.0 Å². The number of rotatable bonds is 12. The Bertz CT molecular complexity index is 1900. The zero-order valence-electron chi connectivity index (χ0n) is 33.5. The Kier molecular flexibility index (Phi) is 9.44. The molecule has 6 saturated carbocycles. The van der Waals surface area contributed by atoms with Crippen LogP contribution in [0.2, 0.25) is 0 Å². The highest BCUT2D eigenvalue weighted by molar-refractivity contribution is 7.91. The first kappa shape index (κ1) is 39.2. The largest absolute Gasteiger partial charge is 0.342 e. The third-order valence-electron chi connectivity index (χ3n) is 15.4. The number of nitrogens with zero attached hydrogens (tertiary/aromatic N) is 3. The number of aromatic nitrogens is 2. The van der Waals surface area contributed by atoms with Gasteiger partial charge in [0, 0.05) is 24.4 Å². The average Bonchev–Trinajstić information content (AvgIpc) is 3.96. The van der Waals surface area contributed by atoms with Gasteiger partial charge in [0.05, 0.1) is 11.4 Å². The zero-order chi connectivity index (χ0) is 40.1. The lowest BCUT2D eigenvalue weighted by Gasteiger charge is -2.38. The topological polar surface area (TPSA) is 197 Å². The molecule has 1 aromatic heterocycles. The molecule has 56 heavy (non-hydrogen) atoms. The molecule has 5 amide bonds. The predicted octanol–water partition coefficient (Wildman–Crippen LogP) is 3.38. The van der Waals surface area contributed by atoms with Crippen molar-refractivity contribution in [2.24, 2.45) is 39.4 Å². The molecule has 0 bridgehead atoms. The van der Waals surface area contributed by atoms with Gasteiger partial charge in [-0.2, -0.15) is 0 Å². The van der Waals surface area contributed by atoms with Crippen LogP contribution >= 0.6 is 0 Å². The fourth-order valence-corrected chi connectivity index (χ4v) is 12.8. The second-order valence-corrected chi connectivity index (χ2v) is 21.8. The fraction of sp³-hybridized carbons (Fsp3) is 0.780. The van der Waals surface area contributed by atoms with Crippen molar-refractivity contribution in [1.29, 1.82) is 0 Å². The van der Waals surface area contributed by atoms with Gasteiger partial charge in [0.2, 0.25) is 27.7 Å². The van der Waals surface area contributed by atoms with Crippen molar-refractivity contribution >= 4 is 39.6 Å². The van der Waals surface area contributed by atoms with Gasteiger partial charge in [-0.05, 0) is 98.2 Å². The Hall–Kier alpha value is -3.62. The second kappa shape index (κ2) is 13.5. The predicted molar refractivity (Wildman–Crippen MR) is 206 cm³/mol. The van der Waals surface area contributed by atoms with E-state index in [2.05, 4.69) is 44.5 Å². The summed E-state index contributed by atoms with van der Waals surface area (Å²) in [6, 6.07) is -2.87. The highest BCUT2D eigenvalue weighted by atomic mass is 32.2. The van der Waals surface area contributed by atoms with Crippen LogP contribution in [0.15, 0.2) is 18.6 Å². The van der Waals surface area contributed by atoms with Gasteiger partial charge in [-0.3, -0.25) is 33.7 Å². The molecule has 6 aliphatic carbocycles. The van der Waals surface area contributed by atoms with Gasteiger partial charge in [0.1, 0.15) is 29.4 Å². The molecule has 14 nitrogen and oxygen atoms in total. The number of hydrogen-bond acceptors (Lipinski definition) is 9. The van der Waals surface area contributed by atoms with Gasteiger partial charge in [0.25, 0.3) is 11.8 Å². The van der Waals surface area contributed by atoms with Crippen molar-refractivity contribution in [3.63, 3.8) is 0 Å². The van der Waals surface area contributed by atoms with E-state index in [1.165, 1.54) is 18.6 Å². The number of likely N-dealkylation sites (tertiary alicyclic amines) is 1. The van der Waals surface area contributed by atoms with Crippen molar-refractivity contribution in [2.75, 3.05) is 6.54 Å². The molecule has 15 heteroatoms. The lowest BCUT2D eigenvalue weighted by atomic mass is 9.73. The summed E-state index contributed by atoms with van der Waals surface area (Å²) in [4.78, 5) is 81.3. The summed E-state index contributed by atoms with van der Waals surface area (Å²) in [7, 11) is -3.84. The second-order valence-electron chi connectivity index (χ2n) is 19.9. The SMILES string of the molecule is CC(C)(C)[C@H](NC(=O)[C@@H](NC(=O)c1cnccn1)C1CCCCC1)C(=O)N1C[C@]2(C[C@H]1C(=O)N[C@]1(C(=O)NS(=O)(=O)C3CC3)C[C@H]1C1CC1)C(C)(C)C21CCC1. The molecule has 4 N–H and O–H groups in total. The van der Waals surface area contributed by atoms with Gasteiger partial charge in [0.15, 0.2) is 0 Å². The summed E-state index contributed by atoms with van der Waals surface area (Å²) in [5, 5.41) is 8.47. The maximum Gasteiger partial charge on any atom is 0.272 e. The monoisotopic (exact) mass is 793 g/mol. The van der Waals surface area contributed by atoms with Gasteiger partial charge < -0.3 is 20.9 Å². The highest BCUT2D eigenvalue weighted by Gasteiger charge is 2.85. The van der Waals surface area contributed by atoms with Gasteiger partial charge in [-0.25, -0.2) is 13.4 Å². The molecular formula is C41H59N7O7S. The fourth-order valence-electron chi connectivity index (χ4n) is 11.4. The van der Waals surface area contributed by atoms with Crippen LogP contribution in [0.4, 0.5) is 0 Å². The van der Waals surface area contributed by atoms with E-state index >= 15 is 4.79 Å². The molecule has 1 aromatic rings. The van der Waals surface area contributed by atoms with Crippen LogP contribution in [0, 0.1) is 39.4 Å². The first-order valence-electron chi connectivity index (χ1n) is 20.9. The summed E-state index contributed by atoms with van der Waals surface area (Å²) in [6.45, 7) is 10.4. The molecule has 8 rings (SSSR count). The van der Waals surface area contributed by atoms with Crippen LogP contribution in [0.5, 0.6) is 0 Å². The summed E-state index contributed by atoms with van der Waals surface area (Å²) in [5.41, 5.74) is -2.49. The van der Waals surface area contributed by atoms with E-state index in [4.69, 9.17) is 0 Å². The maximum atomic E-state index is 15.2. The number of sulfonamides is 1. The Morgan fingerprint density at radius 2 is 1.57 bits per heavy atom. The molecule has 306 valence electrons. The number of hydrogen-bond donors (Lipinski definition) is 4. The minimum Gasteiger partial charge on any atom is -0.342 e. The summed E-state index contributed by atoms with van der Waals surface area (Å²) < 4.78 is 28.1. The third-order valence-corrected chi connectivity index (χ3v) is 17.3. The smallest absolute Gasteiger partial charge is 0.272 e. The molecule has 7 aliphatic rings. The summed E-state index contributed by atoms with van der Waals surface area (Å²) in [5.74, 6) is -2.55. The van der Waals surface area contributed by atoms with Crippen molar-refractivity contribution in [1.82, 2.24) is 35.5 Å². The Labute approximate surface area is 330 Å². The van der Waals surface area contributed by atoms with E-state index in [1.807, 2.05) is 20.8 Å². The summed E-state index contributed by atoms with van der Waals surface area (Å²) in [6.07, 6.45) is 15.4. The van der Waals surface area contributed by atoms with E-state index in [1.54, 1.807) is 4.90 Å². The van der Waals surface area contributed by atoms with Gasteiger partial charge in [-0.15, -0.1) is 0 Å². The van der Waals surface area contributed by atoms with Crippen molar-refractivity contribution in [2.45, 2.75) is 153 Å². The van der Waals surface area contributed by atoms with E-state index in [-0.39, 0.29) is 45.6 Å². The maximum absolute atomic E-state index is 15.2. The first-order chi connectivity index (χ1) is 26.4. The van der Waals surface area contributed by atoms with Crippen LogP contribution in [-0.4, -0.2) is 88.3 Å². The van der Waals surface area contributed by atoms with Crippen molar-refractivity contribution in [3.05, 3.63) is 24.3 Å². The van der Waals surface area contributed by atoms with E-state index in [0.717, 1.165) is 64.2 Å². The molecule has 7 fully saturated rings. The highest BCUT2D eigenvalue weighted by Crippen LogP contribution is 2.88.